The third-order valence-electron chi connectivity index (χ3n) is 4.16. The van der Waals surface area contributed by atoms with Crippen LogP contribution in [0.5, 0.6) is 0 Å². The fourth-order valence-electron chi connectivity index (χ4n) is 2.99. The zero-order valence-electron chi connectivity index (χ0n) is 13.0. The molecule has 1 N–H and O–H groups in total. The highest BCUT2D eigenvalue weighted by Gasteiger charge is 2.33. The van der Waals surface area contributed by atoms with E-state index in [0.717, 1.165) is 24.2 Å². The molecule has 0 spiro atoms. The van der Waals surface area contributed by atoms with Gasteiger partial charge in [-0.15, -0.1) is 0 Å². The Morgan fingerprint density at radius 3 is 2.65 bits per heavy atom. The predicted molar refractivity (Wildman–Crippen MR) is 84.6 cm³/mol. The Morgan fingerprint density at radius 2 is 1.96 bits per heavy atom. The summed E-state index contributed by atoms with van der Waals surface area (Å²) in [5, 5.41) is 13.7. The van der Waals surface area contributed by atoms with Crippen molar-refractivity contribution in [3.63, 3.8) is 0 Å². The first-order valence-electron chi connectivity index (χ1n) is 7.74. The van der Waals surface area contributed by atoms with Crippen molar-refractivity contribution in [1.82, 2.24) is 14.7 Å². The maximum absolute atomic E-state index is 12.7. The number of hydrogen-bond donors (Lipinski definition) is 1. The Balaban J connectivity index is 1.90. The number of carbonyl (C=O) groups is 2. The summed E-state index contributed by atoms with van der Waals surface area (Å²) in [5.74, 6) is -1.26. The fourth-order valence-corrected chi connectivity index (χ4v) is 2.99. The van der Waals surface area contributed by atoms with Crippen LogP contribution in [0.2, 0.25) is 0 Å². The lowest BCUT2D eigenvalue weighted by Gasteiger charge is -2.32. The van der Waals surface area contributed by atoms with Gasteiger partial charge in [-0.05, 0) is 44.4 Å². The predicted octanol–water partition coefficient (Wildman–Crippen LogP) is 2.26. The molecule has 120 valence electrons. The zero-order valence-corrected chi connectivity index (χ0v) is 13.0. The summed E-state index contributed by atoms with van der Waals surface area (Å²) in [5.41, 5.74) is 2.00. The van der Waals surface area contributed by atoms with Crippen molar-refractivity contribution in [2.75, 3.05) is 6.54 Å². The maximum Gasteiger partial charge on any atom is 0.326 e. The van der Waals surface area contributed by atoms with Gasteiger partial charge in [0.2, 0.25) is 0 Å². The third-order valence-corrected chi connectivity index (χ3v) is 4.16. The number of aliphatic carboxylic acids is 1. The molecule has 1 aliphatic rings. The molecule has 1 aromatic carbocycles. The number of carbonyl (C=O) groups excluding carboxylic acids is 1. The number of carboxylic acids is 1. The van der Waals surface area contributed by atoms with E-state index in [1.54, 1.807) is 10.7 Å². The van der Waals surface area contributed by atoms with Gasteiger partial charge in [-0.25, -0.2) is 9.48 Å². The van der Waals surface area contributed by atoms with Gasteiger partial charge in [0, 0.05) is 12.2 Å². The van der Waals surface area contributed by atoms with Gasteiger partial charge in [-0.2, -0.15) is 5.10 Å². The lowest BCUT2D eigenvalue weighted by Crippen LogP contribution is -2.48. The SMILES string of the molecule is Cc1cc(C(=O)N2CCCC[C@H]2C(=O)O)nn1-c1ccccc1. The van der Waals surface area contributed by atoms with Gasteiger partial charge in [0.1, 0.15) is 6.04 Å². The van der Waals surface area contributed by atoms with E-state index < -0.39 is 12.0 Å². The molecular weight excluding hydrogens is 294 g/mol. The van der Waals surface area contributed by atoms with Crippen molar-refractivity contribution in [3.05, 3.63) is 47.8 Å². The van der Waals surface area contributed by atoms with Crippen molar-refractivity contribution in [2.45, 2.75) is 32.2 Å². The molecule has 0 aliphatic carbocycles. The summed E-state index contributed by atoms with van der Waals surface area (Å²) >= 11 is 0. The second-order valence-electron chi connectivity index (χ2n) is 5.77. The first-order valence-corrected chi connectivity index (χ1v) is 7.74. The third kappa shape index (κ3) is 2.97. The van der Waals surface area contributed by atoms with Crippen LogP contribution in [0.3, 0.4) is 0 Å². The van der Waals surface area contributed by atoms with Gasteiger partial charge in [0.05, 0.1) is 5.69 Å². The number of carboxylic acid groups (broad SMARTS) is 1. The van der Waals surface area contributed by atoms with E-state index in [2.05, 4.69) is 5.10 Å². The monoisotopic (exact) mass is 313 g/mol. The van der Waals surface area contributed by atoms with E-state index in [4.69, 9.17) is 0 Å². The lowest BCUT2D eigenvalue weighted by atomic mass is 10.0. The van der Waals surface area contributed by atoms with Crippen LogP contribution in [0.25, 0.3) is 5.69 Å². The van der Waals surface area contributed by atoms with Crippen molar-refractivity contribution in [3.8, 4) is 5.69 Å². The minimum atomic E-state index is -0.947. The highest BCUT2D eigenvalue weighted by atomic mass is 16.4. The number of rotatable bonds is 3. The number of aryl methyl sites for hydroxylation is 1. The van der Waals surface area contributed by atoms with Gasteiger partial charge in [0.15, 0.2) is 5.69 Å². The molecular formula is C17H19N3O3. The molecule has 1 atom stereocenters. The van der Waals surface area contributed by atoms with E-state index in [1.165, 1.54) is 4.90 Å². The van der Waals surface area contributed by atoms with Crippen LogP contribution in [0.4, 0.5) is 0 Å². The van der Waals surface area contributed by atoms with Gasteiger partial charge < -0.3 is 10.0 Å². The van der Waals surface area contributed by atoms with Crippen LogP contribution >= 0.6 is 0 Å². The summed E-state index contributed by atoms with van der Waals surface area (Å²) in [6.07, 6.45) is 2.16. The molecule has 1 aromatic heterocycles. The second kappa shape index (κ2) is 6.24. The Labute approximate surface area is 134 Å². The van der Waals surface area contributed by atoms with Crippen LogP contribution in [0.1, 0.15) is 35.4 Å². The number of hydrogen-bond acceptors (Lipinski definition) is 3. The van der Waals surface area contributed by atoms with E-state index in [0.29, 0.717) is 18.7 Å². The number of aromatic nitrogens is 2. The van der Waals surface area contributed by atoms with Gasteiger partial charge in [0.25, 0.3) is 5.91 Å². The van der Waals surface area contributed by atoms with E-state index in [9.17, 15) is 14.7 Å². The Kier molecular flexibility index (Phi) is 4.14. The molecule has 6 heteroatoms. The van der Waals surface area contributed by atoms with Gasteiger partial charge in [-0.1, -0.05) is 18.2 Å². The molecule has 0 bridgehead atoms. The Morgan fingerprint density at radius 1 is 1.22 bits per heavy atom. The van der Waals surface area contributed by atoms with Crippen LogP contribution in [0, 0.1) is 6.92 Å². The normalized spacial score (nSPS) is 18.0. The average molecular weight is 313 g/mol. The number of nitrogens with zero attached hydrogens (tertiary/aromatic N) is 3. The number of amides is 1. The molecule has 2 heterocycles. The van der Waals surface area contributed by atoms with Crippen molar-refractivity contribution in [1.29, 1.82) is 0 Å². The molecule has 0 radical (unpaired) electrons. The molecule has 1 aliphatic heterocycles. The Hall–Kier alpha value is -2.63. The minimum Gasteiger partial charge on any atom is -0.480 e. The average Bonchev–Trinajstić information content (AvgIpc) is 2.97. The smallest absolute Gasteiger partial charge is 0.326 e. The molecule has 23 heavy (non-hydrogen) atoms. The van der Waals surface area contributed by atoms with Gasteiger partial charge in [-0.3, -0.25) is 4.79 Å². The summed E-state index contributed by atoms with van der Waals surface area (Å²) < 4.78 is 1.70. The zero-order chi connectivity index (χ0) is 16.4. The Bertz CT molecular complexity index is 724. The number of para-hydroxylation sites is 1. The molecule has 2 aromatic rings. The van der Waals surface area contributed by atoms with E-state index >= 15 is 0 Å². The van der Waals surface area contributed by atoms with Crippen LogP contribution in [-0.4, -0.2) is 44.3 Å². The highest BCUT2D eigenvalue weighted by Crippen LogP contribution is 2.21. The van der Waals surface area contributed by atoms with E-state index in [1.807, 2.05) is 37.3 Å². The largest absolute Gasteiger partial charge is 0.480 e. The van der Waals surface area contributed by atoms with E-state index in [-0.39, 0.29) is 5.91 Å². The minimum absolute atomic E-state index is 0.291. The standard InChI is InChI=1S/C17H19N3O3/c1-12-11-14(18-20(12)13-7-3-2-4-8-13)16(21)19-10-6-5-9-15(19)17(22)23/h2-4,7-8,11,15H,5-6,9-10H2,1H3,(H,22,23)/t15-/m0/s1. The lowest BCUT2D eigenvalue weighted by molar-refractivity contribution is -0.143. The molecule has 0 unspecified atom stereocenters. The summed E-state index contributed by atoms with van der Waals surface area (Å²) in [7, 11) is 0. The molecule has 1 amide bonds. The van der Waals surface area contributed by atoms with Crippen LogP contribution in [-0.2, 0) is 4.79 Å². The quantitative estimate of drug-likeness (QED) is 0.943. The first-order chi connectivity index (χ1) is 11.1. The molecule has 6 nitrogen and oxygen atoms in total. The second-order valence-corrected chi connectivity index (χ2v) is 5.77. The number of likely N-dealkylation sites (tertiary alicyclic amines) is 1. The summed E-state index contributed by atoms with van der Waals surface area (Å²) in [4.78, 5) is 25.5. The van der Waals surface area contributed by atoms with Crippen molar-refractivity contribution < 1.29 is 14.7 Å². The van der Waals surface area contributed by atoms with Crippen LogP contribution in [0.15, 0.2) is 36.4 Å². The van der Waals surface area contributed by atoms with Crippen molar-refractivity contribution >= 4 is 11.9 Å². The van der Waals surface area contributed by atoms with Gasteiger partial charge >= 0.3 is 5.97 Å². The fraction of sp³-hybridized carbons (Fsp3) is 0.353. The molecule has 3 rings (SSSR count). The number of benzene rings is 1. The molecule has 1 fully saturated rings. The molecule has 1 saturated heterocycles. The highest BCUT2D eigenvalue weighted by molar-refractivity contribution is 5.95. The molecule has 0 saturated carbocycles. The number of piperidine rings is 1. The maximum atomic E-state index is 12.7. The summed E-state index contributed by atoms with van der Waals surface area (Å²) in [6, 6.07) is 10.5. The summed E-state index contributed by atoms with van der Waals surface area (Å²) in [6.45, 7) is 2.34. The first kappa shape index (κ1) is 15.3. The topological polar surface area (TPSA) is 75.4 Å². The van der Waals surface area contributed by atoms with Crippen LogP contribution < -0.4 is 0 Å². The van der Waals surface area contributed by atoms with Crippen molar-refractivity contribution in [2.24, 2.45) is 0 Å².